The van der Waals surface area contributed by atoms with Crippen molar-refractivity contribution in [2.45, 2.75) is 13.0 Å². The van der Waals surface area contributed by atoms with Crippen molar-refractivity contribution >= 4 is 17.2 Å². The first-order valence-corrected chi connectivity index (χ1v) is 8.47. The van der Waals surface area contributed by atoms with Gasteiger partial charge in [0, 0.05) is 29.1 Å². The lowest BCUT2D eigenvalue weighted by Crippen LogP contribution is -2.32. The van der Waals surface area contributed by atoms with Crippen LogP contribution in [0.5, 0.6) is 0 Å². The Balaban J connectivity index is 1.76. The molecule has 0 saturated heterocycles. The maximum atomic E-state index is 12.8. The summed E-state index contributed by atoms with van der Waals surface area (Å²) in [5.74, 6) is -0.0442. The number of carbonyl (C=O) groups is 1. The lowest BCUT2D eigenvalue weighted by molar-refractivity contribution is 0.0745. The summed E-state index contributed by atoms with van der Waals surface area (Å²) >= 11 is 1.69. The van der Waals surface area contributed by atoms with E-state index in [0.717, 1.165) is 12.0 Å². The number of thiophene rings is 1. The molecule has 0 bridgehead atoms. The zero-order valence-corrected chi connectivity index (χ0v) is 13.8. The molecule has 0 radical (unpaired) electrons. The largest absolute Gasteiger partial charge is 0.472 e. The van der Waals surface area contributed by atoms with E-state index in [1.807, 2.05) is 22.4 Å². The van der Waals surface area contributed by atoms with Crippen LogP contribution < -0.4 is 0 Å². The molecule has 3 rings (SSSR count). The van der Waals surface area contributed by atoms with Crippen molar-refractivity contribution in [1.82, 2.24) is 4.90 Å². The molecule has 24 heavy (non-hydrogen) atoms. The van der Waals surface area contributed by atoms with E-state index in [1.165, 1.54) is 4.88 Å². The molecule has 0 saturated carbocycles. The molecule has 1 amide bonds. The van der Waals surface area contributed by atoms with E-state index in [-0.39, 0.29) is 5.91 Å². The summed E-state index contributed by atoms with van der Waals surface area (Å²) in [5.41, 5.74) is 2.10. The Labute approximate surface area is 144 Å². The molecule has 0 fully saturated rings. The van der Waals surface area contributed by atoms with Gasteiger partial charge in [0.25, 0.3) is 5.91 Å². The predicted octanol–water partition coefficient (Wildman–Crippen LogP) is 4.10. The number of furan rings is 1. The highest BCUT2D eigenvalue weighted by Gasteiger charge is 2.17. The van der Waals surface area contributed by atoms with E-state index >= 15 is 0 Å². The zero-order valence-electron chi connectivity index (χ0n) is 13.0. The summed E-state index contributed by atoms with van der Waals surface area (Å²) < 4.78 is 5.11. The van der Waals surface area contributed by atoms with Crippen LogP contribution in [-0.2, 0) is 13.0 Å². The molecule has 2 heterocycles. The predicted molar refractivity (Wildman–Crippen MR) is 92.6 cm³/mol. The summed E-state index contributed by atoms with van der Waals surface area (Å²) in [6, 6.07) is 14.8. The molecule has 0 aliphatic rings. The molecule has 0 aliphatic heterocycles. The highest BCUT2D eigenvalue weighted by atomic mass is 32.1. The minimum atomic E-state index is -0.0442. The van der Waals surface area contributed by atoms with Crippen LogP contribution in [-0.4, -0.2) is 17.4 Å². The minimum Gasteiger partial charge on any atom is -0.472 e. The van der Waals surface area contributed by atoms with Gasteiger partial charge in [-0.2, -0.15) is 5.26 Å². The fourth-order valence-corrected chi connectivity index (χ4v) is 3.12. The quantitative estimate of drug-likeness (QED) is 0.681. The third kappa shape index (κ3) is 3.92. The van der Waals surface area contributed by atoms with Crippen LogP contribution >= 0.6 is 11.3 Å². The van der Waals surface area contributed by atoms with Crippen molar-refractivity contribution in [2.75, 3.05) is 6.54 Å². The number of rotatable bonds is 6. The Morgan fingerprint density at radius 1 is 1.21 bits per heavy atom. The Morgan fingerprint density at radius 3 is 2.67 bits per heavy atom. The molecule has 0 N–H and O–H groups in total. The zero-order chi connectivity index (χ0) is 16.8. The second kappa shape index (κ2) is 7.62. The van der Waals surface area contributed by atoms with Gasteiger partial charge in [0.2, 0.25) is 0 Å². The summed E-state index contributed by atoms with van der Waals surface area (Å²) in [5, 5.41) is 10.9. The standard InChI is InChI=1S/C19H16N2O2S/c20-12-15-3-5-17(6-4-15)19(22)21(13-16-8-10-23-14-16)9-7-18-2-1-11-24-18/h1-6,8,10-11,14H,7,9,13H2. The molecule has 4 nitrogen and oxygen atoms in total. The van der Waals surface area contributed by atoms with Crippen LogP contribution in [0.3, 0.4) is 0 Å². The number of carbonyl (C=O) groups excluding carboxylic acids is 1. The average molecular weight is 336 g/mol. The lowest BCUT2D eigenvalue weighted by Gasteiger charge is -2.22. The second-order valence-electron chi connectivity index (χ2n) is 5.38. The Hall–Kier alpha value is -2.84. The first-order valence-electron chi connectivity index (χ1n) is 7.59. The molecule has 1 aromatic carbocycles. The monoisotopic (exact) mass is 336 g/mol. The van der Waals surface area contributed by atoms with E-state index in [1.54, 1.807) is 48.1 Å². The van der Waals surface area contributed by atoms with Gasteiger partial charge in [-0.05, 0) is 48.2 Å². The van der Waals surface area contributed by atoms with E-state index in [9.17, 15) is 4.79 Å². The molecule has 2 aromatic heterocycles. The van der Waals surface area contributed by atoms with Crippen LogP contribution in [0.4, 0.5) is 0 Å². The van der Waals surface area contributed by atoms with E-state index in [4.69, 9.17) is 9.68 Å². The van der Waals surface area contributed by atoms with Crippen molar-refractivity contribution in [3.63, 3.8) is 0 Å². The normalized spacial score (nSPS) is 10.3. The Bertz CT molecular complexity index is 815. The molecule has 120 valence electrons. The third-order valence-electron chi connectivity index (χ3n) is 3.71. The van der Waals surface area contributed by atoms with Gasteiger partial charge in [-0.1, -0.05) is 6.07 Å². The molecular weight excluding hydrogens is 320 g/mol. The van der Waals surface area contributed by atoms with E-state index < -0.39 is 0 Å². The topological polar surface area (TPSA) is 57.2 Å². The van der Waals surface area contributed by atoms with Crippen LogP contribution in [0, 0.1) is 11.3 Å². The Morgan fingerprint density at radius 2 is 2.04 bits per heavy atom. The van der Waals surface area contributed by atoms with Gasteiger partial charge in [0.15, 0.2) is 0 Å². The molecular formula is C19H16N2O2S. The van der Waals surface area contributed by atoms with Gasteiger partial charge >= 0.3 is 0 Å². The van der Waals surface area contributed by atoms with Gasteiger partial charge in [-0.3, -0.25) is 4.79 Å². The first-order chi connectivity index (χ1) is 11.8. The number of hydrogen-bond acceptors (Lipinski definition) is 4. The molecule has 0 spiro atoms. The molecule has 3 aromatic rings. The maximum absolute atomic E-state index is 12.8. The van der Waals surface area contributed by atoms with Crippen molar-refractivity contribution < 1.29 is 9.21 Å². The van der Waals surface area contributed by atoms with E-state index in [2.05, 4.69) is 12.1 Å². The number of nitrogens with zero attached hydrogens (tertiary/aromatic N) is 2. The number of hydrogen-bond donors (Lipinski definition) is 0. The van der Waals surface area contributed by atoms with Crippen molar-refractivity contribution in [3.05, 3.63) is 81.9 Å². The highest BCUT2D eigenvalue weighted by molar-refractivity contribution is 7.09. The molecule has 5 heteroatoms. The van der Waals surface area contributed by atoms with Crippen molar-refractivity contribution in [2.24, 2.45) is 0 Å². The number of nitriles is 1. The molecule has 0 atom stereocenters. The van der Waals surface area contributed by atoms with Gasteiger partial charge in [-0.15, -0.1) is 11.3 Å². The fraction of sp³-hybridized carbons (Fsp3) is 0.158. The first kappa shape index (κ1) is 16.0. The molecule has 0 aliphatic carbocycles. The number of benzene rings is 1. The van der Waals surface area contributed by atoms with Crippen LogP contribution in [0.15, 0.2) is 64.8 Å². The third-order valence-corrected chi connectivity index (χ3v) is 4.65. The minimum absolute atomic E-state index is 0.0442. The maximum Gasteiger partial charge on any atom is 0.254 e. The van der Waals surface area contributed by atoms with Crippen molar-refractivity contribution in [3.8, 4) is 6.07 Å². The number of amides is 1. The van der Waals surface area contributed by atoms with Crippen molar-refractivity contribution in [1.29, 1.82) is 5.26 Å². The summed E-state index contributed by atoms with van der Waals surface area (Å²) in [6.07, 6.45) is 4.08. The summed E-state index contributed by atoms with van der Waals surface area (Å²) in [4.78, 5) is 15.9. The highest BCUT2D eigenvalue weighted by Crippen LogP contribution is 2.15. The van der Waals surface area contributed by atoms with Gasteiger partial charge in [-0.25, -0.2) is 0 Å². The van der Waals surface area contributed by atoms with Crippen LogP contribution in [0.1, 0.15) is 26.4 Å². The lowest BCUT2D eigenvalue weighted by atomic mass is 10.1. The SMILES string of the molecule is N#Cc1ccc(C(=O)N(CCc2cccs2)Cc2ccoc2)cc1. The Kier molecular flexibility index (Phi) is 5.09. The van der Waals surface area contributed by atoms with E-state index in [0.29, 0.717) is 24.2 Å². The smallest absolute Gasteiger partial charge is 0.254 e. The second-order valence-corrected chi connectivity index (χ2v) is 6.41. The molecule has 0 unspecified atom stereocenters. The van der Waals surface area contributed by atoms with Gasteiger partial charge in [0.1, 0.15) is 0 Å². The summed E-state index contributed by atoms with van der Waals surface area (Å²) in [7, 11) is 0. The van der Waals surface area contributed by atoms with Crippen LogP contribution in [0.25, 0.3) is 0 Å². The van der Waals surface area contributed by atoms with Gasteiger partial charge in [0.05, 0.1) is 24.2 Å². The fourth-order valence-electron chi connectivity index (χ4n) is 2.43. The van der Waals surface area contributed by atoms with Gasteiger partial charge < -0.3 is 9.32 Å². The average Bonchev–Trinajstić information content (AvgIpc) is 3.32. The summed E-state index contributed by atoms with van der Waals surface area (Å²) in [6.45, 7) is 1.13. The van der Waals surface area contributed by atoms with Crippen LogP contribution in [0.2, 0.25) is 0 Å².